The van der Waals surface area contributed by atoms with Crippen LogP contribution in [0.3, 0.4) is 0 Å². The molecule has 0 atom stereocenters. The molecular formula is C10H21NO3. The number of hydrogen-bond acceptors (Lipinski definition) is 4. The fraction of sp³-hybridized carbons (Fsp3) is 0.900. The van der Waals surface area contributed by atoms with Crippen molar-refractivity contribution >= 4 is 5.97 Å². The van der Waals surface area contributed by atoms with Crippen LogP contribution in [0.4, 0.5) is 0 Å². The van der Waals surface area contributed by atoms with E-state index in [-0.39, 0.29) is 12.6 Å². The minimum Gasteiger partial charge on any atom is -0.466 e. The molecule has 0 aromatic rings. The zero-order valence-corrected chi connectivity index (χ0v) is 8.92. The molecule has 0 unspecified atom stereocenters. The lowest BCUT2D eigenvalue weighted by Gasteiger charge is -2.03. The summed E-state index contributed by atoms with van der Waals surface area (Å²) in [5, 5.41) is 11.7. The fourth-order valence-corrected chi connectivity index (χ4v) is 1.08. The Bertz CT molecular complexity index is 139. The van der Waals surface area contributed by atoms with Crippen LogP contribution >= 0.6 is 0 Å². The van der Waals surface area contributed by atoms with Crippen LogP contribution in [0.2, 0.25) is 0 Å². The second-order valence-electron chi connectivity index (χ2n) is 3.09. The van der Waals surface area contributed by atoms with Gasteiger partial charge in [0.1, 0.15) is 0 Å². The van der Waals surface area contributed by atoms with Gasteiger partial charge in [-0.15, -0.1) is 0 Å². The minimum atomic E-state index is -0.121. The first-order chi connectivity index (χ1) is 6.81. The molecule has 2 N–H and O–H groups in total. The average Bonchev–Trinajstić information content (AvgIpc) is 2.17. The van der Waals surface area contributed by atoms with Gasteiger partial charge in [0.25, 0.3) is 0 Å². The largest absolute Gasteiger partial charge is 0.466 e. The molecule has 0 aliphatic carbocycles. The van der Waals surface area contributed by atoms with E-state index in [0.29, 0.717) is 13.0 Å². The molecular weight excluding hydrogens is 182 g/mol. The number of rotatable bonds is 9. The molecule has 0 radical (unpaired) electrons. The lowest BCUT2D eigenvalue weighted by atomic mass is 10.3. The summed E-state index contributed by atoms with van der Waals surface area (Å²) in [7, 11) is 0. The van der Waals surface area contributed by atoms with Crippen molar-refractivity contribution in [1.29, 1.82) is 0 Å². The van der Waals surface area contributed by atoms with Gasteiger partial charge in [0.2, 0.25) is 0 Å². The van der Waals surface area contributed by atoms with E-state index in [4.69, 9.17) is 9.84 Å². The Morgan fingerprint density at radius 2 is 2.00 bits per heavy atom. The van der Waals surface area contributed by atoms with Crippen molar-refractivity contribution in [3.8, 4) is 0 Å². The van der Waals surface area contributed by atoms with E-state index in [1.807, 2.05) is 6.92 Å². The maximum Gasteiger partial charge on any atom is 0.305 e. The Balaban J connectivity index is 3.01. The Hall–Kier alpha value is -0.610. The van der Waals surface area contributed by atoms with Gasteiger partial charge >= 0.3 is 5.97 Å². The summed E-state index contributed by atoms with van der Waals surface area (Å²) in [6, 6.07) is 0. The first kappa shape index (κ1) is 13.4. The van der Waals surface area contributed by atoms with Crippen molar-refractivity contribution < 1.29 is 14.6 Å². The predicted molar refractivity (Wildman–Crippen MR) is 55.1 cm³/mol. The molecule has 0 heterocycles. The number of aliphatic hydroxyl groups is 1. The van der Waals surface area contributed by atoms with Gasteiger partial charge < -0.3 is 15.2 Å². The monoisotopic (exact) mass is 203 g/mol. The highest BCUT2D eigenvalue weighted by atomic mass is 16.5. The van der Waals surface area contributed by atoms with Crippen LogP contribution in [0.15, 0.2) is 0 Å². The van der Waals surface area contributed by atoms with Crippen molar-refractivity contribution in [2.75, 3.05) is 26.3 Å². The second-order valence-corrected chi connectivity index (χ2v) is 3.09. The van der Waals surface area contributed by atoms with Crippen LogP contribution in [-0.2, 0) is 9.53 Å². The molecule has 4 nitrogen and oxygen atoms in total. The van der Waals surface area contributed by atoms with Gasteiger partial charge in [-0.2, -0.15) is 0 Å². The number of ether oxygens (including phenoxy) is 1. The molecule has 0 saturated heterocycles. The molecule has 0 rings (SSSR count). The highest BCUT2D eigenvalue weighted by Crippen LogP contribution is 1.91. The van der Waals surface area contributed by atoms with Crippen LogP contribution in [0, 0.1) is 0 Å². The van der Waals surface area contributed by atoms with Gasteiger partial charge in [0.05, 0.1) is 6.61 Å². The standard InChI is InChI=1S/C10H21NO3/c1-2-14-10(13)6-5-8-11-7-3-4-9-12/h11-12H,2-9H2,1H3. The Morgan fingerprint density at radius 3 is 2.64 bits per heavy atom. The summed E-state index contributed by atoms with van der Waals surface area (Å²) >= 11 is 0. The van der Waals surface area contributed by atoms with E-state index >= 15 is 0 Å². The molecule has 14 heavy (non-hydrogen) atoms. The quantitative estimate of drug-likeness (QED) is 0.427. The maximum atomic E-state index is 10.9. The molecule has 0 aliphatic heterocycles. The molecule has 0 amide bonds. The second kappa shape index (κ2) is 10.5. The number of hydrogen-bond donors (Lipinski definition) is 2. The summed E-state index contributed by atoms with van der Waals surface area (Å²) in [5.41, 5.74) is 0. The smallest absolute Gasteiger partial charge is 0.305 e. The van der Waals surface area contributed by atoms with Gasteiger partial charge in [-0.1, -0.05) is 0 Å². The fourth-order valence-electron chi connectivity index (χ4n) is 1.08. The van der Waals surface area contributed by atoms with Crippen molar-refractivity contribution in [2.45, 2.75) is 32.6 Å². The van der Waals surface area contributed by atoms with E-state index in [2.05, 4.69) is 5.32 Å². The molecule has 0 aromatic heterocycles. The number of esters is 1. The first-order valence-electron chi connectivity index (χ1n) is 5.28. The average molecular weight is 203 g/mol. The first-order valence-corrected chi connectivity index (χ1v) is 5.28. The van der Waals surface area contributed by atoms with Crippen LogP contribution in [0.1, 0.15) is 32.6 Å². The Morgan fingerprint density at radius 1 is 1.29 bits per heavy atom. The van der Waals surface area contributed by atoms with E-state index in [1.54, 1.807) is 0 Å². The molecule has 84 valence electrons. The molecule has 4 heteroatoms. The van der Waals surface area contributed by atoms with E-state index < -0.39 is 0 Å². The third kappa shape index (κ3) is 9.48. The number of carbonyl (C=O) groups excluding carboxylic acids is 1. The zero-order chi connectivity index (χ0) is 10.6. The van der Waals surface area contributed by atoms with Gasteiger partial charge in [-0.05, 0) is 39.3 Å². The highest BCUT2D eigenvalue weighted by Gasteiger charge is 1.99. The maximum absolute atomic E-state index is 10.9. The number of unbranched alkanes of at least 4 members (excludes halogenated alkanes) is 1. The third-order valence-electron chi connectivity index (χ3n) is 1.80. The van der Waals surface area contributed by atoms with E-state index in [0.717, 1.165) is 32.4 Å². The van der Waals surface area contributed by atoms with Crippen LogP contribution in [0.25, 0.3) is 0 Å². The van der Waals surface area contributed by atoms with Crippen molar-refractivity contribution in [2.24, 2.45) is 0 Å². The molecule has 0 bridgehead atoms. The lowest BCUT2D eigenvalue weighted by Crippen LogP contribution is -2.18. The Kier molecular flexibility index (Phi) is 10.0. The summed E-state index contributed by atoms with van der Waals surface area (Å²) in [5.74, 6) is -0.121. The van der Waals surface area contributed by atoms with Gasteiger partial charge in [0.15, 0.2) is 0 Å². The Labute approximate surface area is 85.6 Å². The summed E-state index contributed by atoms with van der Waals surface area (Å²) < 4.78 is 4.79. The van der Waals surface area contributed by atoms with Gasteiger partial charge in [-0.25, -0.2) is 0 Å². The van der Waals surface area contributed by atoms with Crippen molar-refractivity contribution in [3.63, 3.8) is 0 Å². The van der Waals surface area contributed by atoms with Gasteiger partial charge in [-0.3, -0.25) is 4.79 Å². The van der Waals surface area contributed by atoms with Gasteiger partial charge in [0, 0.05) is 13.0 Å². The molecule has 0 aromatic carbocycles. The predicted octanol–water partition coefficient (Wildman–Crippen LogP) is 0.692. The lowest BCUT2D eigenvalue weighted by molar-refractivity contribution is -0.143. The normalized spacial score (nSPS) is 10.1. The topological polar surface area (TPSA) is 58.6 Å². The molecule has 0 spiro atoms. The van der Waals surface area contributed by atoms with E-state index in [9.17, 15) is 4.79 Å². The number of aliphatic hydroxyl groups excluding tert-OH is 1. The van der Waals surface area contributed by atoms with Crippen molar-refractivity contribution in [1.82, 2.24) is 5.32 Å². The summed E-state index contributed by atoms with van der Waals surface area (Å²) in [4.78, 5) is 10.9. The van der Waals surface area contributed by atoms with E-state index in [1.165, 1.54) is 0 Å². The minimum absolute atomic E-state index is 0.121. The van der Waals surface area contributed by atoms with Crippen LogP contribution < -0.4 is 5.32 Å². The molecule has 0 fully saturated rings. The van der Waals surface area contributed by atoms with Crippen LogP contribution in [-0.4, -0.2) is 37.4 Å². The summed E-state index contributed by atoms with van der Waals surface area (Å²) in [6.07, 6.45) is 3.12. The molecule has 0 saturated carbocycles. The zero-order valence-electron chi connectivity index (χ0n) is 8.92. The third-order valence-corrected chi connectivity index (χ3v) is 1.80. The van der Waals surface area contributed by atoms with Crippen LogP contribution in [0.5, 0.6) is 0 Å². The molecule has 0 aliphatic rings. The number of nitrogens with one attached hydrogen (secondary N) is 1. The SMILES string of the molecule is CCOC(=O)CCCNCCCCO. The van der Waals surface area contributed by atoms with Crippen molar-refractivity contribution in [3.05, 3.63) is 0 Å². The number of carbonyl (C=O) groups is 1. The highest BCUT2D eigenvalue weighted by molar-refractivity contribution is 5.69. The summed E-state index contributed by atoms with van der Waals surface area (Å²) in [6.45, 7) is 4.27.